The van der Waals surface area contributed by atoms with E-state index in [1.54, 1.807) is 6.20 Å². The summed E-state index contributed by atoms with van der Waals surface area (Å²) in [7, 11) is 0. The molecular weight excluding hydrogens is 244 g/mol. The highest BCUT2D eigenvalue weighted by molar-refractivity contribution is 7.15. The van der Waals surface area contributed by atoms with E-state index in [9.17, 15) is 0 Å². The fourth-order valence-corrected chi connectivity index (χ4v) is 2.22. The van der Waals surface area contributed by atoms with E-state index in [-0.39, 0.29) is 0 Å². The molecule has 1 heterocycles. The van der Waals surface area contributed by atoms with Crippen LogP contribution in [0.25, 0.3) is 0 Å². The van der Waals surface area contributed by atoms with Crippen LogP contribution in [0.5, 0.6) is 5.75 Å². The van der Waals surface area contributed by atoms with Gasteiger partial charge in [-0.05, 0) is 30.7 Å². The van der Waals surface area contributed by atoms with Gasteiger partial charge in [0.15, 0.2) is 4.47 Å². The van der Waals surface area contributed by atoms with Crippen molar-refractivity contribution in [2.45, 2.75) is 13.5 Å². The second-order valence-electron chi connectivity index (χ2n) is 3.39. The first-order valence-electron chi connectivity index (χ1n) is 4.74. The maximum Gasteiger partial charge on any atom is 0.183 e. The smallest absolute Gasteiger partial charge is 0.183 e. The number of aromatic nitrogens is 1. The Morgan fingerprint density at radius 3 is 2.94 bits per heavy atom. The minimum atomic E-state index is 0.481. The molecule has 0 aliphatic heterocycles. The Bertz CT molecular complexity index is 498. The van der Waals surface area contributed by atoms with E-state index < -0.39 is 0 Å². The number of halogens is 1. The lowest BCUT2D eigenvalue weighted by Gasteiger charge is -2.08. The molecule has 2 aromatic rings. The molecule has 5 heteroatoms. The van der Waals surface area contributed by atoms with Crippen molar-refractivity contribution in [2.24, 2.45) is 0 Å². The summed E-state index contributed by atoms with van der Waals surface area (Å²) in [5.74, 6) is 0.832. The Morgan fingerprint density at radius 2 is 2.31 bits per heavy atom. The summed E-state index contributed by atoms with van der Waals surface area (Å²) in [5.41, 5.74) is 7.42. The quantitative estimate of drug-likeness (QED) is 0.856. The van der Waals surface area contributed by atoms with Crippen molar-refractivity contribution < 1.29 is 4.74 Å². The molecule has 0 unspecified atom stereocenters. The first-order valence-corrected chi connectivity index (χ1v) is 5.94. The standard InChI is InChI=1S/C11H11ClN2OS/c1-7-4-8(13)2-3-10(7)15-6-9-5-14-11(12)16-9/h2-5H,6,13H2,1H3. The first-order chi connectivity index (χ1) is 7.65. The van der Waals surface area contributed by atoms with Gasteiger partial charge in [-0.2, -0.15) is 0 Å². The number of aryl methyl sites for hydroxylation is 1. The minimum Gasteiger partial charge on any atom is -0.488 e. The summed E-state index contributed by atoms with van der Waals surface area (Å²) < 4.78 is 6.18. The van der Waals surface area contributed by atoms with E-state index in [4.69, 9.17) is 22.1 Å². The third kappa shape index (κ3) is 2.65. The number of nitrogens with two attached hydrogens (primary N) is 1. The fraction of sp³-hybridized carbons (Fsp3) is 0.182. The molecule has 84 valence electrons. The molecule has 1 aromatic carbocycles. The van der Waals surface area contributed by atoms with Crippen molar-refractivity contribution in [3.63, 3.8) is 0 Å². The molecule has 16 heavy (non-hydrogen) atoms. The van der Waals surface area contributed by atoms with Crippen molar-refractivity contribution in [1.82, 2.24) is 4.98 Å². The molecule has 1 aromatic heterocycles. The van der Waals surface area contributed by atoms with E-state index in [1.165, 1.54) is 11.3 Å². The molecular formula is C11H11ClN2OS. The number of hydrogen-bond donors (Lipinski definition) is 1. The monoisotopic (exact) mass is 254 g/mol. The highest BCUT2D eigenvalue weighted by Crippen LogP contribution is 2.23. The van der Waals surface area contributed by atoms with E-state index in [0.29, 0.717) is 11.1 Å². The molecule has 3 nitrogen and oxygen atoms in total. The number of nitrogen functional groups attached to an aromatic ring is 1. The maximum atomic E-state index is 5.73. The van der Waals surface area contributed by atoms with Crippen molar-refractivity contribution in [2.75, 3.05) is 5.73 Å². The van der Waals surface area contributed by atoms with Gasteiger partial charge in [-0.1, -0.05) is 11.6 Å². The number of hydrogen-bond acceptors (Lipinski definition) is 4. The summed E-state index contributed by atoms with van der Waals surface area (Å²) in [5, 5.41) is 0. The van der Waals surface area contributed by atoms with Crippen LogP contribution < -0.4 is 10.5 Å². The van der Waals surface area contributed by atoms with Crippen molar-refractivity contribution in [3.8, 4) is 5.75 Å². The average Bonchev–Trinajstić information content (AvgIpc) is 2.63. The Labute approximate surface area is 103 Å². The summed E-state index contributed by atoms with van der Waals surface area (Å²) >= 11 is 7.15. The van der Waals surface area contributed by atoms with Gasteiger partial charge < -0.3 is 10.5 Å². The number of ether oxygens (including phenoxy) is 1. The van der Waals surface area contributed by atoms with Crippen molar-refractivity contribution in [3.05, 3.63) is 39.3 Å². The predicted octanol–water partition coefficient (Wildman–Crippen LogP) is 3.27. The van der Waals surface area contributed by atoms with E-state index in [0.717, 1.165) is 21.9 Å². The summed E-state index contributed by atoms with van der Waals surface area (Å²) in [6, 6.07) is 5.57. The molecule has 0 spiro atoms. The topological polar surface area (TPSA) is 48.1 Å². The molecule has 0 aliphatic carbocycles. The van der Waals surface area contributed by atoms with Crippen LogP contribution in [0, 0.1) is 6.92 Å². The summed E-state index contributed by atoms with van der Waals surface area (Å²) in [6.07, 6.45) is 1.72. The summed E-state index contributed by atoms with van der Waals surface area (Å²) in [4.78, 5) is 4.95. The third-order valence-electron chi connectivity index (χ3n) is 2.09. The predicted molar refractivity (Wildman–Crippen MR) is 67.0 cm³/mol. The van der Waals surface area contributed by atoms with Gasteiger partial charge in [-0.3, -0.25) is 0 Å². The fourth-order valence-electron chi connectivity index (χ4n) is 1.33. The lowest BCUT2D eigenvalue weighted by Crippen LogP contribution is -1.96. The van der Waals surface area contributed by atoms with Gasteiger partial charge >= 0.3 is 0 Å². The zero-order valence-corrected chi connectivity index (χ0v) is 10.3. The number of anilines is 1. The van der Waals surface area contributed by atoms with Crippen molar-refractivity contribution in [1.29, 1.82) is 0 Å². The lowest BCUT2D eigenvalue weighted by molar-refractivity contribution is 0.307. The Kier molecular flexibility index (Phi) is 3.31. The van der Waals surface area contributed by atoms with Gasteiger partial charge in [-0.15, -0.1) is 11.3 Å². The highest BCUT2D eigenvalue weighted by atomic mass is 35.5. The average molecular weight is 255 g/mol. The maximum absolute atomic E-state index is 5.73. The molecule has 0 fully saturated rings. The van der Waals surface area contributed by atoms with Crippen LogP contribution in [0.2, 0.25) is 4.47 Å². The molecule has 0 saturated carbocycles. The van der Waals surface area contributed by atoms with Crippen LogP contribution >= 0.6 is 22.9 Å². The molecule has 0 aliphatic rings. The second-order valence-corrected chi connectivity index (χ2v) is 5.09. The molecule has 0 amide bonds. The Balaban J connectivity index is 2.04. The third-order valence-corrected chi connectivity index (χ3v) is 3.18. The molecule has 0 saturated heterocycles. The Morgan fingerprint density at radius 1 is 1.50 bits per heavy atom. The van der Waals surface area contributed by atoms with Gasteiger partial charge in [0.05, 0.1) is 4.88 Å². The van der Waals surface area contributed by atoms with Gasteiger partial charge in [0.1, 0.15) is 12.4 Å². The number of thiazole rings is 1. The van der Waals surface area contributed by atoms with Crippen LogP contribution in [0.3, 0.4) is 0 Å². The molecule has 2 rings (SSSR count). The van der Waals surface area contributed by atoms with Crippen LogP contribution in [0.4, 0.5) is 5.69 Å². The number of nitrogens with zero attached hydrogens (tertiary/aromatic N) is 1. The van der Waals surface area contributed by atoms with Crippen molar-refractivity contribution >= 4 is 28.6 Å². The zero-order valence-electron chi connectivity index (χ0n) is 8.74. The van der Waals surface area contributed by atoms with Gasteiger partial charge in [0.2, 0.25) is 0 Å². The summed E-state index contributed by atoms with van der Waals surface area (Å²) in [6.45, 7) is 2.44. The normalized spacial score (nSPS) is 10.4. The molecule has 0 bridgehead atoms. The van der Waals surface area contributed by atoms with E-state index in [2.05, 4.69) is 4.98 Å². The first kappa shape index (κ1) is 11.2. The van der Waals surface area contributed by atoms with Crippen LogP contribution in [-0.4, -0.2) is 4.98 Å². The largest absolute Gasteiger partial charge is 0.488 e. The van der Waals surface area contributed by atoms with Crippen LogP contribution in [-0.2, 0) is 6.61 Å². The number of benzene rings is 1. The SMILES string of the molecule is Cc1cc(N)ccc1OCc1cnc(Cl)s1. The van der Waals surface area contributed by atoms with Crippen LogP contribution in [0.15, 0.2) is 24.4 Å². The molecule has 0 radical (unpaired) electrons. The minimum absolute atomic E-state index is 0.481. The molecule has 0 atom stereocenters. The highest BCUT2D eigenvalue weighted by Gasteiger charge is 2.03. The van der Waals surface area contributed by atoms with Gasteiger partial charge in [0.25, 0.3) is 0 Å². The second kappa shape index (κ2) is 4.72. The Hall–Kier alpha value is -1.26. The molecule has 2 N–H and O–H groups in total. The van der Waals surface area contributed by atoms with Gasteiger partial charge in [-0.25, -0.2) is 4.98 Å². The van der Waals surface area contributed by atoms with E-state index >= 15 is 0 Å². The zero-order chi connectivity index (χ0) is 11.5. The van der Waals surface area contributed by atoms with Crippen LogP contribution in [0.1, 0.15) is 10.4 Å². The van der Waals surface area contributed by atoms with Gasteiger partial charge in [0, 0.05) is 11.9 Å². The van der Waals surface area contributed by atoms with E-state index in [1.807, 2.05) is 25.1 Å². The number of rotatable bonds is 3. The lowest BCUT2D eigenvalue weighted by atomic mass is 10.2.